The van der Waals surface area contributed by atoms with E-state index in [0.29, 0.717) is 12.3 Å². The first-order valence-corrected chi connectivity index (χ1v) is 5.77. The zero-order valence-corrected chi connectivity index (χ0v) is 10.3. The summed E-state index contributed by atoms with van der Waals surface area (Å²) < 4.78 is 20.9. The molecule has 0 aliphatic rings. The van der Waals surface area contributed by atoms with Crippen LogP contribution in [0.1, 0.15) is 22.8 Å². The zero-order valence-electron chi connectivity index (χ0n) is 10.3. The monoisotopic (exact) mass is 264 g/mol. The third-order valence-electron chi connectivity index (χ3n) is 2.64. The van der Waals surface area contributed by atoms with Crippen LogP contribution >= 0.6 is 0 Å². The van der Waals surface area contributed by atoms with Crippen molar-refractivity contribution in [1.29, 1.82) is 0 Å². The maximum Gasteiger partial charge on any atom is 0.338 e. The number of hydrogen-bond acceptors (Lipinski definition) is 3. The Kier molecular flexibility index (Phi) is 3.79. The van der Waals surface area contributed by atoms with E-state index in [2.05, 4.69) is 5.10 Å². The molecular weight excluding hydrogens is 251 g/mol. The van der Waals surface area contributed by atoms with Crippen LogP contribution in [0.25, 0.3) is 0 Å². The number of aromatic carboxylic acids is 1. The average molecular weight is 264 g/mol. The Labute approximate surface area is 109 Å². The molecule has 0 aliphatic heterocycles. The average Bonchev–Trinajstić information content (AvgIpc) is 2.85. The van der Waals surface area contributed by atoms with Crippen LogP contribution in [0.3, 0.4) is 0 Å². The first-order valence-electron chi connectivity index (χ1n) is 5.77. The molecule has 0 saturated heterocycles. The largest absolute Gasteiger partial charge is 0.486 e. The van der Waals surface area contributed by atoms with Crippen LogP contribution < -0.4 is 4.74 Å². The molecule has 100 valence electrons. The lowest BCUT2D eigenvalue weighted by molar-refractivity contribution is 0.0691. The SMILES string of the molecule is CCn1cc(OCc2cccc(C(=O)O)c2F)cn1. The van der Waals surface area contributed by atoms with Gasteiger partial charge in [0.15, 0.2) is 5.75 Å². The van der Waals surface area contributed by atoms with Crippen molar-refractivity contribution in [3.05, 3.63) is 47.5 Å². The first-order chi connectivity index (χ1) is 9.11. The lowest BCUT2D eigenvalue weighted by Gasteiger charge is -2.06. The van der Waals surface area contributed by atoms with Crippen molar-refractivity contribution in [3.8, 4) is 5.75 Å². The van der Waals surface area contributed by atoms with E-state index < -0.39 is 11.8 Å². The minimum absolute atomic E-state index is 0.0393. The van der Waals surface area contributed by atoms with E-state index in [1.54, 1.807) is 10.9 Å². The minimum atomic E-state index is -1.29. The Morgan fingerprint density at radius 3 is 2.95 bits per heavy atom. The maximum atomic E-state index is 13.8. The van der Waals surface area contributed by atoms with Gasteiger partial charge in [0.05, 0.1) is 18.0 Å². The van der Waals surface area contributed by atoms with Crippen molar-refractivity contribution in [1.82, 2.24) is 9.78 Å². The molecule has 0 unspecified atom stereocenters. The standard InChI is InChI=1S/C13H13FN2O3/c1-2-16-7-10(6-15-16)19-8-9-4-3-5-11(12(9)14)13(17)18/h3-7H,2,8H2,1H3,(H,17,18). The summed E-state index contributed by atoms with van der Waals surface area (Å²) in [5, 5.41) is 12.8. The van der Waals surface area contributed by atoms with Crippen LogP contribution in [0.4, 0.5) is 4.39 Å². The fraction of sp³-hybridized carbons (Fsp3) is 0.231. The second-order valence-electron chi connectivity index (χ2n) is 3.90. The number of carboxylic acids is 1. The smallest absolute Gasteiger partial charge is 0.338 e. The van der Waals surface area contributed by atoms with Crippen LogP contribution in [-0.4, -0.2) is 20.9 Å². The van der Waals surface area contributed by atoms with E-state index in [-0.39, 0.29) is 17.7 Å². The summed E-state index contributed by atoms with van der Waals surface area (Å²) in [5.41, 5.74) is -0.158. The molecule has 0 bridgehead atoms. The summed E-state index contributed by atoms with van der Waals surface area (Å²) in [4.78, 5) is 10.8. The molecule has 0 saturated carbocycles. The maximum absolute atomic E-state index is 13.8. The molecule has 1 heterocycles. The molecule has 6 heteroatoms. The van der Waals surface area contributed by atoms with Crippen molar-refractivity contribution in [2.45, 2.75) is 20.1 Å². The van der Waals surface area contributed by atoms with Crippen LogP contribution in [0.2, 0.25) is 0 Å². The summed E-state index contributed by atoms with van der Waals surface area (Å²) in [6.07, 6.45) is 3.22. The van der Waals surface area contributed by atoms with Crippen LogP contribution in [0.5, 0.6) is 5.75 Å². The minimum Gasteiger partial charge on any atom is -0.486 e. The fourth-order valence-electron chi connectivity index (χ4n) is 1.61. The summed E-state index contributed by atoms with van der Waals surface area (Å²) in [5.74, 6) is -1.54. The number of rotatable bonds is 5. The topological polar surface area (TPSA) is 64.3 Å². The Hall–Kier alpha value is -2.37. The number of aromatic nitrogens is 2. The third kappa shape index (κ3) is 2.90. The Bertz CT molecular complexity index is 595. The van der Waals surface area contributed by atoms with Gasteiger partial charge in [0.2, 0.25) is 0 Å². The lowest BCUT2D eigenvalue weighted by atomic mass is 10.1. The Morgan fingerprint density at radius 1 is 1.53 bits per heavy atom. The molecule has 1 aromatic heterocycles. The van der Waals surface area contributed by atoms with Gasteiger partial charge in [0, 0.05) is 12.1 Å². The molecule has 0 fully saturated rings. The summed E-state index contributed by atoms with van der Waals surface area (Å²) in [6, 6.07) is 4.20. The number of ether oxygens (including phenoxy) is 1. The normalized spacial score (nSPS) is 10.4. The molecule has 2 aromatic rings. The van der Waals surface area contributed by atoms with Crippen LogP contribution in [-0.2, 0) is 13.2 Å². The molecule has 0 spiro atoms. The van der Waals surface area contributed by atoms with E-state index in [4.69, 9.17) is 9.84 Å². The highest BCUT2D eigenvalue weighted by molar-refractivity contribution is 5.88. The van der Waals surface area contributed by atoms with Crippen molar-refractivity contribution in [2.24, 2.45) is 0 Å². The summed E-state index contributed by atoms with van der Waals surface area (Å²) >= 11 is 0. The number of nitrogens with zero attached hydrogens (tertiary/aromatic N) is 2. The summed E-state index contributed by atoms with van der Waals surface area (Å²) in [6.45, 7) is 2.61. The summed E-state index contributed by atoms with van der Waals surface area (Å²) in [7, 11) is 0. The molecule has 2 rings (SSSR count). The number of carbonyl (C=O) groups is 1. The lowest BCUT2D eigenvalue weighted by Crippen LogP contribution is -2.05. The molecule has 0 aliphatic carbocycles. The van der Waals surface area contributed by atoms with E-state index in [9.17, 15) is 9.18 Å². The van der Waals surface area contributed by atoms with Gasteiger partial charge < -0.3 is 9.84 Å². The van der Waals surface area contributed by atoms with E-state index in [1.165, 1.54) is 24.4 Å². The molecular formula is C13H13FN2O3. The van der Waals surface area contributed by atoms with Gasteiger partial charge in [-0.3, -0.25) is 4.68 Å². The predicted molar refractivity (Wildman–Crippen MR) is 65.6 cm³/mol. The highest BCUT2D eigenvalue weighted by Gasteiger charge is 2.14. The van der Waals surface area contributed by atoms with Gasteiger partial charge in [0.1, 0.15) is 12.4 Å². The molecule has 1 aromatic carbocycles. The molecule has 0 amide bonds. The highest BCUT2D eigenvalue weighted by atomic mass is 19.1. The second kappa shape index (κ2) is 5.51. The van der Waals surface area contributed by atoms with E-state index >= 15 is 0 Å². The van der Waals surface area contributed by atoms with Gasteiger partial charge in [0.25, 0.3) is 0 Å². The zero-order chi connectivity index (χ0) is 13.8. The second-order valence-corrected chi connectivity index (χ2v) is 3.90. The van der Waals surface area contributed by atoms with E-state index in [1.807, 2.05) is 6.92 Å². The van der Waals surface area contributed by atoms with Crippen molar-refractivity contribution in [2.75, 3.05) is 0 Å². The van der Waals surface area contributed by atoms with Gasteiger partial charge in [-0.1, -0.05) is 12.1 Å². The first kappa shape index (κ1) is 13.1. The molecule has 1 N–H and O–H groups in total. The Morgan fingerprint density at radius 2 is 2.32 bits per heavy atom. The fourth-order valence-corrected chi connectivity index (χ4v) is 1.61. The van der Waals surface area contributed by atoms with Gasteiger partial charge in [-0.2, -0.15) is 5.10 Å². The van der Waals surface area contributed by atoms with E-state index in [0.717, 1.165) is 0 Å². The quantitative estimate of drug-likeness (QED) is 0.900. The van der Waals surface area contributed by atoms with Gasteiger partial charge >= 0.3 is 5.97 Å². The van der Waals surface area contributed by atoms with Gasteiger partial charge in [-0.05, 0) is 13.0 Å². The number of benzene rings is 1. The number of carboxylic acid groups (broad SMARTS) is 1. The van der Waals surface area contributed by atoms with Crippen molar-refractivity contribution in [3.63, 3.8) is 0 Å². The van der Waals surface area contributed by atoms with Crippen LogP contribution in [0.15, 0.2) is 30.6 Å². The molecule has 5 nitrogen and oxygen atoms in total. The van der Waals surface area contributed by atoms with Gasteiger partial charge in [-0.15, -0.1) is 0 Å². The van der Waals surface area contributed by atoms with Crippen molar-refractivity contribution >= 4 is 5.97 Å². The Balaban J connectivity index is 2.11. The van der Waals surface area contributed by atoms with Gasteiger partial charge in [-0.25, -0.2) is 9.18 Å². The third-order valence-corrected chi connectivity index (χ3v) is 2.64. The number of hydrogen-bond donors (Lipinski definition) is 1. The molecule has 0 atom stereocenters. The number of aryl methyl sites for hydroxylation is 1. The van der Waals surface area contributed by atoms with Crippen molar-refractivity contribution < 1.29 is 19.0 Å². The van der Waals surface area contributed by atoms with Crippen LogP contribution in [0, 0.1) is 5.82 Å². The molecule has 0 radical (unpaired) electrons. The molecule has 19 heavy (non-hydrogen) atoms. The number of halogens is 1. The predicted octanol–water partition coefficient (Wildman–Crippen LogP) is 2.32. The highest BCUT2D eigenvalue weighted by Crippen LogP contribution is 2.16.